The molecular formula is C31H30N4O4S. The lowest BCUT2D eigenvalue weighted by atomic mass is 9.92. The van der Waals surface area contributed by atoms with Crippen molar-refractivity contribution in [3.05, 3.63) is 72.3 Å². The van der Waals surface area contributed by atoms with Gasteiger partial charge in [-0.1, -0.05) is 49.2 Å². The largest absolute Gasteiger partial charge is 0.497 e. The molecule has 204 valence electrons. The van der Waals surface area contributed by atoms with Gasteiger partial charge in [-0.3, -0.25) is 14.4 Å². The average molecular weight is 555 g/mol. The fourth-order valence-electron chi connectivity index (χ4n) is 5.44. The van der Waals surface area contributed by atoms with Crippen LogP contribution < -0.4 is 9.64 Å². The summed E-state index contributed by atoms with van der Waals surface area (Å²) in [5.74, 6) is -0.154. The van der Waals surface area contributed by atoms with E-state index in [1.165, 1.54) is 16.7 Å². The van der Waals surface area contributed by atoms with Gasteiger partial charge in [0.05, 0.1) is 36.2 Å². The molecule has 0 radical (unpaired) electrons. The van der Waals surface area contributed by atoms with Crippen LogP contribution >= 0.6 is 11.8 Å². The van der Waals surface area contributed by atoms with Crippen molar-refractivity contribution < 1.29 is 19.1 Å². The third-order valence-electron chi connectivity index (χ3n) is 7.43. The standard InChI is InChI=1S/C31H30N4O4S/c1-39-25-15-12-21(13-16-25)26-17-14-22(19-32)30(33-26)40-20-29(37)34(23-8-4-2-5-9-23)27-18-28(36)35(31(27)38)24-10-6-3-7-11-24/h3,6-7,10-17,23,27H,2,4-5,8-9,18,20H2,1H3. The van der Waals surface area contributed by atoms with Crippen molar-refractivity contribution in [2.24, 2.45) is 0 Å². The van der Waals surface area contributed by atoms with Crippen molar-refractivity contribution in [1.29, 1.82) is 5.26 Å². The van der Waals surface area contributed by atoms with E-state index in [1.807, 2.05) is 30.3 Å². The van der Waals surface area contributed by atoms with Crippen molar-refractivity contribution in [3.8, 4) is 23.1 Å². The minimum atomic E-state index is -0.835. The van der Waals surface area contributed by atoms with E-state index in [-0.39, 0.29) is 35.9 Å². The summed E-state index contributed by atoms with van der Waals surface area (Å²) in [6.45, 7) is 0. The van der Waals surface area contributed by atoms with Crippen LogP contribution in [0, 0.1) is 11.3 Å². The summed E-state index contributed by atoms with van der Waals surface area (Å²) in [4.78, 5) is 47.9. The van der Waals surface area contributed by atoms with Gasteiger partial charge in [-0.2, -0.15) is 5.26 Å². The van der Waals surface area contributed by atoms with E-state index in [1.54, 1.807) is 48.4 Å². The molecule has 1 aliphatic heterocycles. The lowest BCUT2D eigenvalue weighted by Crippen LogP contribution is -2.52. The molecule has 1 saturated carbocycles. The summed E-state index contributed by atoms with van der Waals surface area (Å²) >= 11 is 1.19. The number of carbonyl (C=O) groups is 3. The first kappa shape index (κ1) is 27.4. The number of aromatic nitrogens is 1. The summed E-state index contributed by atoms with van der Waals surface area (Å²) in [5, 5.41) is 10.1. The monoisotopic (exact) mass is 554 g/mol. The second kappa shape index (κ2) is 12.3. The molecule has 1 atom stereocenters. The fraction of sp³-hybridized carbons (Fsp3) is 0.323. The predicted octanol–water partition coefficient (Wildman–Crippen LogP) is 5.21. The number of benzene rings is 2. The van der Waals surface area contributed by atoms with Crippen molar-refractivity contribution >= 4 is 35.2 Å². The number of rotatable bonds is 8. The van der Waals surface area contributed by atoms with Gasteiger partial charge in [0.1, 0.15) is 22.9 Å². The smallest absolute Gasteiger partial charge is 0.257 e. The molecule has 1 aromatic heterocycles. The highest BCUT2D eigenvalue weighted by Crippen LogP contribution is 2.33. The fourth-order valence-corrected chi connectivity index (χ4v) is 6.28. The van der Waals surface area contributed by atoms with E-state index in [4.69, 9.17) is 4.74 Å². The molecule has 5 rings (SSSR count). The van der Waals surface area contributed by atoms with E-state index in [0.29, 0.717) is 22.0 Å². The van der Waals surface area contributed by atoms with Gasteiger partial charge in [0.15, 0.2) is 0 Å². The molecule has 3 amide bonds. The normalized spacial score (nSPS) is 17.5. The highest BCUT2D eigenvalue weighted by atomic mass is 32.2. The molecule has 2 aliphatic rings. The number of nitrogens with zero attached hydrogens (tertiary/aromatic N) is 4. The Hall–Kier alpha value is -4.16. The van der Waals surface area contributed by atoms with Crippen LogP contribution in [-0.2, 0) is 14.4 Å². The number of nitriles is 1. The summed E-state index contributed by atoms with van der Waals surface area (Å²) in [6.07, 6.45) is 4.61. The number of methoxy groups -OCH3 is 1. The summed E-state index contributed by atoms with van der Waals surface area (Å²) in [6, 6.07) is 21.0. The molecule has 2 aromatic carbocycles. The van der Waals surface area contributed by atoms with E-state index in [0.717, 1.165) is 43.4 Å². The molecule has 1 saturated heterocycles. The van der Waals surface area contributed by atoms with Crippen LogP contribution in [0.3, 0.4) is 0 Å². The molecule has 1 unspecified atom stereocenters. The zero-order valence-electron chi connectivity index (χ0n) is 22.3. The first-order chi connectivity index (χ1) is 19.5. The molecule has 2 heterocycles. The highest BCUT2D eigenvalue weighted by Gasteiger charge is 2.46. The Morgan fingerprint density at radius 1 is 1.05 bits per heavy atom. The molecule has 0 bridgehead atoms. The maximum absolute atomic E-state index is 13.8. The zero-order valence-corrected chi connectivity index (χ0v) is 23.1. The zero-order chi connectivity index (χ0) is 28.1. The van der Waals surface area contributed by atoms with Gasteiger partial charge >= 0.3 is 0 Å². The third kappa shape index (κ3) is 5.73. The van der Waals surface area contributed by atoms with E-state index < -0.39 is 6.04 Å². The molecule has 40 heavy (non-hydrogen) atoms. The second-order valence-corrected chi connectivity index (χ2v) is 10.9. The first-order valence-corrected chi connectivity index (χ1v) is 14.4. The Labute approximate surface area is 237 Å². The lowest BCUT2D eigenvalue weighted by Gasteiger charge is -2.37. The predicted molar refractivity (Wildman–Crippen MR) is 153 cm³/mol. The summed E-state index contributed by atoms with van der Waals surface area (Å²) in [7, 11) is 1.60. The lowest BCUT2D eigenvalue weighted by molar-refractivity contribution is -0.139. The number of ether oxygens (including phenoxy) is 1. The highest BCUT2D eigenvalue weighted by molar-refractivity contribution is 8.00. The Balaban J connectivity index is 1.38. The molecule has 9 heteroatoms. The number of imide groups is 1. The summed E-state index contributed by atoms with van der Waals surface area (Å²) in [5.41, 5.74) is 2.43. The Morgan fingerprint density at radius 3 is 2.45 bits per heavy atom. The van der Waals surface area contributed by atoms with E-state index in [2.05, 4.69) is 11.1 Å². The Bertz CT molecular complexity index is 1430. The van der Waals surface area contributed by atoms with Crippen LogP contribution in [0.4, 0.5) is 5.69 Å². The number of pyridine rings is 1. The number of anilines is 1. The van der Waals surface area contributed by atoms with Gasteiger partial charge in [0.25, 0.3) is 5.91 Å². The second-order valence-electron chi connectivity index (χ2n) is 9.89. The molecule has 1 aliphatic carbocycles. The van der Waals surface area contributed by atoms with Gasteiger partial charge in [-0.25, -0.2) is 9.88 Å². The maximum Gasteiger partial charge on any atom is 0.257 e. The molecule has 3 aromatic rings. The van der Waals surface area contributed by atoms with Crippen LogP contribution in [0.25, 0.3) is 11.3 Å². The van der Waals surface area contributed by atoms with Gasteiger partial charge in [0.2, 0.25) is 11.8 Å². The number of hydrogen-bond acceptors (Lipinski definition) is 7. The van der Waals surface area contributed by atoms with Crippen molar-refractivity contribution in [3.63, 3.8) is 0 Å². The van der Waals surface area contributed by atoms with Gasteiger partial charge < -0.3 is 9.64 Å². The molecule has 8 nitrogen and oxygen atoms in total. The van der Waals surface area contributed by atoms with Gasteiger partial charge in [0, 0.05) is 11.6 Å². The maximum atomic E-state index is 13.8. The first-order valence-electron chi connectivity index (χ1n) is 13.4. The van der Waals surface area contributed by atoms with Crippen LogP contribution in [0.5, 0.6) is 5.75 Å². The van der Waals surface area contributed by atoms with E-state index in [9.17, 15) is 19.6 Å². The molecule has 2 fully saturated rings. The van der Waals surface area contributed by atoms with Crippen LogP contribution in [-0.4, -0.2) is 52.6 Å². The molecule has 0 spiro atoms. The van der Waals surface area contributed by atoms with Gasteiger partial charge in [-0.15, -0.1) is 0 Å². The van der Waals surface area contributed by atoms with Crippen molar-refractivity contribution in [2.75, 3.05) is 17.8 Å². The minimum absolute atomic E-state index is 0.00749. The minimum Gasteiger partial charge on any atom is -0.497 e. The van der Waals surface area contributed by atoms with Crippen LogP contribution in [0.1, 0.15) is 44.1 Å². The van der Waals surface area contributed by atoms with Crippen molar-refractivity contribution in [1.82, 2.24) is 9.88 Å². The van der Waals surface area contributed by atoms with Crippen LogP contribution in [0.15, 0.2) is 71.8 Å². The number of amides is 3. The summed E-state index contributed by atoms with van der Waals surface area (Å²) < 4.78 is 5.23. The van der Waals surface area contributed by atoms with Crippen LogP contribution in [0.2, 0.25) is 0 Å². The molecular weight excluding hydrogens is 524 g/mol. The average Bonchev–Trinajstić information content (AvgIpc) is 3.29. The Morgan fingerprint density at radius 2 is 1.77 bits per heavy atom. The number of para-hydroxylation sites is 1. The van der Waals surface area contributed by atoms with E-state index >= 15 is 0 Å². The van der Waals surface area contributed by atoms with Crippen molar-refractivity contribution in [2.45, 2.75) is 55.6 Å². The molecule has 0 N–H and O–H groups in total. The number of hydrogen-bond donors (Lipinski definition) is 0. The Kier molecular flexibility index (Phi) is 8.46. The SMILES string of the molecule is COc1ccc(-c2ccc(C#N)c(SCC(=O)N(C3CCCCC3)C3CC(=O)N(c4ccccc4)C3=O)n2)cc1. The number of carbonyl (C=O) groups excluding carboxylic acids is 3. The quantitative estimate of drug-likeness (QED) is 0.278. The number of thioether (sulfide) groups is 1. The third-order valence-corrected chi connectivity index (χ3v) is 8.40. The topological polar surface area (TPSA) is 104 Å². The van der Waals surface area contributed by atoms with Gasteiger partial charge in [-0.05, 0) is 61.4 Å².